The van der Waals surface area contributed by atoms with Gasteiger partial charge in [0.1, 0.15) is 5.15 Å². The SMILES string of the molecule is Cc1cc2cnc(Cl)cc2s1. The Balaban J connectivity index is 2.82. The van der Waals surface area contributed by atoms with E-state index in [1.807, 2.05) is 6.07 Å². The van der Waals surface area contributed by atoms with E-state index in [2.05, 4.69) is 18.0 Å². The third kappa shape index (κ3) is 1.24. The Morgan fingerprint density at radius 1 is 1.45 bits per heavy atom. The predicted octanol–water partition coefficient (Wildman–Crippen LogP) is 3.26. The maximum atomic E-state index is 5.72. The molecule has 0 aliphatic rings. The van der Waals surface area contributed by atoms with E-state index in [-0.39, 0.29) is 0 Å². The summed E-state index contributed by atoms with van der Waals surface area (Å²) in [5, 5.41) is 1.75. The molecular formula is C8H6ClNS. The number of rotatable bonds is 0. The van der Waals surface area contributed by atoms with Crippen molar-refractivity contribution in [2.45, 2.75) is 6.92 Å². The summed E-state index contributed by atoms with van der Waals surface area (Å²) < 4.78 is 1.21. The van der Waals surface area contributed by atoms with Crippen LogP contribution in [-0.4, -0.2) is 4.98 Å². The van der Waals surface area contributed by atoms with Crippen LogP contribution in [0.4, 0.5) is 0 Å². The molecule has 0 aliphatic carbocycles. The topological polar surface area (TPSA) is 12.9 Å². The summed E-state index contributed by atoms with van der Waals surface area (Å²) in [5.74, 6) is 0. The normalized spacial score (nSPS) is 10.7. The second kappa shape index (κ2) is 2.47. The van der Waals surface area contributed by atoms with Gasteiger partial charge in [-0.3, -0.25) is 0 Å². The van der Waals surface area contributed by atoms with Gasteiger partial charge in [0.05, 0.1) is 0 Å². The van der Waals surface area contributed by atoms with Crippen molar-refractivity contribution in [1.82, 2.24) is 4.98 Å². The Morgan fingerprint density at radius 3 is 3.09 bits per heavy atom. The Kier molecular flexibility index (Phi) is 1.59. The van der Waals surface area contributed by atoms with Crippen molar-refractivity contribution >= 4 is 33.0 Å². The van der Waals surface area contributed by atoms with Crippen molar-refractivity contribution in [2.75, 3.05) is 0 Å². The lowest BCUT2D eigenvalue weighted by atomic mass is 10.3. The van der Waals surface area contributed by atoms with Gasteiger partial charge in [0.2, 0.25) is 0 Å². The van der Waals surface area contributed by atoms with Gasteiger partial charge in [0.15, 0.2) is 0 Å². The Bertz CT molecular complexity index is 394. The molecule has 0 bridgehead atoms. The molecule has 3 heteroatoms. The fraction of sp³-hybridized carbons (Fsp3) is 0.125. The summed E-state index contributed by atoms with van der Waals surface area (Å²) in [6.07, 6.45) is 1.81. The van der Waals surface area contributed by atoms with Crippen LogP contribution in [0, 0.1) is 6.92 Å². The zero-order valence-electron chi connectivity index (χ0n) is 5.97. The minimum Gasteiger partial charge on any atom is -0.244 e. The molecule has 56 valence electrons. The summed E-state index contributed by atoms with van der Waals surface area (Å²) in [4.78, 5) is 5.29. The molecule has 0 amide bonds. The fourth-order valence-electron chi connectivity index (χ4n) is 1.04. The van der Waals surface area contributed by atoms with Crippen molar-refractivity contribution in [3.8, 4) is 0 Å². The summed E-state index contributed by atoms with van der Waals surface area (Å²) >= 11 is 7.47. The van der Waals surface area contributed by atoms with E-state index < -0.39 is 0 Å². The van der Waals surface area contributed by atoms with Crippen LogP contribution in [0.3, 0.4) is 0 Å². The van der Waals surface area contributed by atoms with Crippen molar-refractivity contribution < 1.29 is 0 Å². The first-order valence-electron chi connectivity index (χ1n) is 3.27. The molecule has 0 aliphatic heterocycles. The number of hydrogen-bond donors (Lipinski definition) is 0. The molecule has 2 aromatic rings. The first-order valence-corrected chi connectivity index (χ1v) is 4.47. The highest BCUT2D eigenvalue weighted by atomic mass is 35.5. The number of fused-ring (bicyclic) bond motifs is 1. The molecule has 2 rings (SSSR count). The van der Waals surface area contributed by atoms with Gasteiger partial charge in [-0.05, 0) is 19.1 Å². The minimum absolute atomic E-state index is 0.569. The number of aromatic nitrogens is 1. The monoisotopic (exact) mass is 183 g/mol. The smallest absolute Gasteiger partial charge is 0.130 e. The first-order chi connectivity index (χ1) is 5.25. The second-order valence-electron chi connectivity index (χ2n) is 2.40. The van der Waals surface area contributed by atoms with E-state index in [4.69, 9.17) is 11.6 Å². The van der Waals surface area contributed by atoms with Crippen LogP contribution in [0.5, 0.6) is 0 Å². The Labute approximate surface area is 73.6 Å². The van der Waals surface area contributed by atoms with Crippen LogP contribution in [0.15, 0.2) is 18.3 Å². The summed E-state index contributed by atoms with van der Waals surface area (Å²) in [7, 11) is 0. The van der Waals surface area contributed by atoms with Crippen molar-refractivity contribution in [3.63, 3.8) is 0 Å². The first kappa shape index (κ1) is 7.07. The van der Waals surface area contributed by atoms with Crippen molar-refractivity contribution in [1.29, 1.82) is 0 Å². The van der Waals surface area contributed by atoms with E-state index in [1.54, 1.807) is 17.5 Å². The van der Waals surface area contributed by atoms with Crippen molar-refractivity contribution in [3.05, 3.63) is 28.4 Å². The summed E-state index contributed by atoms with van der Waals surface area (Å²) in [5.41, 5.74) is 0. The highest BCUT2D eigenvalue weighted by Crippen LogP contribution is 2.25. The molecule has 0 saturated carbocycles. The Morgan fingerprint density at radius 2 is 2.27 bits per heavy atom. The van der Waals surface area contributed by atoms with Gasteiger partial charge in [-0.15, -0.1) is 11.3 Å². The fourth-order valence-corrected chi connectivity index (χ4v) is 2.20. The molecule has 0 radical (unpaired) electrons. The van der Waals surface area contributed by atoms with Crippen LogP contribution >= 0.6 is 22.9 Å². The molecule has 0 unspecified atom stereocenters. The molecule has 2 heterocycles. The predicted molar refractivity (Wildman–Crippen MR) is 49.4 cm³/mol. The highest BCUT2D eigenvalue weighted by molar-refractivity contribution is 7.19. The Hall–Kier alpha value is -0.600. The molecule has 0 fully saturated rings. The quantitative estimate of drug-likeness (QED) is 0.572. The maximum Gasteiger partial charge on any atom is 0.130 e. The molecule has 11 heavy (non-hydrogen) atoms. The largest absolute Gasteiger partial charge is 0.244 e. The lowest BCUT2D eigenvalue weighted by molar-refractivity contribution is 1.37. The lowest BCUT2D eigenvalue weighted by Crippen LogP contribution is -1.69. The standard InChI is InChI=1S/C8H6ClNS/c1-5-2-6-4-10-8(9)3-7(6)11-5/h2-4H,1H3. The van der Waals surface area contributed by atoms with E-state index in [0.29, 0.717) is 5.15 Å². The molecular weight excluding hydrogens is 178 g/mol. The van der Waals surface area contributed by atoms with Crippen LogP contribution in [0.2, 0.25) is 5.15 Å². The average molecular weight is 184 g/mol. The van der Waals surface area contributed by atoms with Crippen molar-refractivity contribution in [2.24, 2.45) is 0 Å². The molecule has 2 aromatic heterocycles. The van der Waals surface area contributed by atoms with Crippen LogP contribution in [0.1, 0.15) is 4.88 Å². The number of aryl methyl sites for hydroxylation is 1. The molecule has 0 spiro atoms. The molecule has 1 nitrogen and oxygen atoms in total. The van der Waals surface area contributed by atoms with E-state index in [1.165, 1.54) is 15.0 Å². The summed E-state index contributed by atoms with van der Waals surface area (Å²) in [6, 6.07) is 4.01. The van der Waals surface area contributed by atoms with Gasteiger partial charge in [-0.25, -0.2) is 4.98 Å². The molecule has 0 N–H and O–H groups in total. The van der Waals surface area contributed by atoms with Crippen LogP contribution in [-0.2, 0) is 0 Å². The maximum absolute atomic E-state index is 5.72. The molecule has 0 saturated heterocycles. The van der Waals surface area contributed by atoms with Gasteiger partial charge in [-0.1, -0.05) is 11.6 Å². The number of thiophene rings is 1. The number of hydrogen-bond acceptors (Lipinski definition) is 2. The minimum atomic E-state index is 0.569. The van der Waals surface area contributed by atoms with E-state index in [0.717, 1.165) is 0 Å². The third-order valence-electron chi connectivity index (χ3n) is 1.49. The zero-order chi connectivity index (χ0) is 7.84. The van der Waals surface area contributed by atoms with Gasteiger partial charge < -0.3 is 0 Å². The average Bonchev–Trinajstić information content (AvgIpc) is 2.27. The van der Waals surface area contributed by atoms with Gasteiger partial charge in [-0.2, -0.15) is 0 Å². The second-order valence-corrected chi connectivity index (χ2v) is 4.08. The van der Waals surface area contributed by atoms with Gasteiger partial charge in [0.25, 0.3) is 0 Å². The number of nitrogens with zero attached hydrogens (tertiary/aromatic N) is 1. The highest BCUT2D eigenvalue weighted by Gasteiger charge is 1.98. The summed E-state index contributed by atoms with van der Waals surface area (Å²) in [6.45, 7) is 2.08. The third-order valence-corrected chi connectivity index (χ3v) is 2.71. The van der Waals surface area contributed by atoms with Crippen LogP contribution in [0.25, 0.3) is 10.1 Å². The van der Waals surface area contributed by atoms with E-state index >= 15 is 0 Å². The molecule has 0 aromatic carbocycles. The van der Waals surface area contributed by atoms with E-state index in [9.17, 15) is 0 Å². The number of halogens is 1. The molecule has 0 atom stereocenters. The lowest BCUT2D eigenvalue weighted by Gasteiger charge is -1.87. The van der Waals surface area contributed by atoms with Gasteiger partial charge >= 0.3 is 0 Å². The number of pyridine rings is 1. The van der Waals surface area contributed by atoms with Gasteiger partial charge in [0, 0.05) is 21.2 Å². The zero-order valence-corrected chi connectivity index (χ0v) is 7.54. The van der Waals surface area contributed by atoms with Crippen LogP contribution < -0.4 is 0 Å².